The summed E-state index contributed by atoms with van der Waals surface area (Å²) in [4.78, 5) is 25.3. The Hall–Kier alpha value is -2.96. The van der Waals surface area contributed by atoms with E-state index >= 15 is 0 Å². The molecule has 0 spiro atoms. The Kier molecular flexibility index (Phi) is 5.46. The van der Waals surface area contributed by atoms with Crippen LogP contribution in [0.1, 0.15) is 35.2 Å². The number of nitro groups is 1. The Bertz CT molecular complexity index is 819. The SMILES string of the molecule is O=C(NCc1ccccc1F)c1ccc(N2CCCCC2)c([N+](=O)[O-])c1. The zero-order chi connectivity index (χ0) is 18.5. The van der Waals surface area contributed by atoms with Crippen molar-refractivity contribution in [3.05, 3.63) is 69.5 Å². The molecule has 136 valence electrons. The van der Waals surface area contributed by atoms with Gasteiger partial charge in [0.25, 0.3) is 11.6 Å². The first kappa shape index (κ1) is 17.8. The van der Waals surface area contributed by atoms with Crippen LogP contribution in [0.4, 0.5) is 15.8 Å². The van der Waals surface area contributed by atoms with Crippen LogP contribution in [-0.2, 0) is 6.54 Å². The van der Waals surface area contributed by atoms with Crippen LogP contribution in [0.15, 0.2) is 42.5 Å². The molecule has 1 aliphatic heterocycles. The summed E-state index contributed by atoms with van der Waals surface area (Å²) in [5.74, 6) is -0.874. The van der Waals surface area contributed by atoms with Gasteiger partial charge in [-0.2, -0.15) is 0 Å². The average molecular weight is 357 g/mol. The van der Waals surface area contributed by atoms with Crippen molar-refractivity contribution >= 4 is 17.3 Å². The lowest BCUT2D eigenvalue weighted by atomic mass is 10.1. The molecule has 0 aromatic heterocycles. The fraction of sp³-hybridized carbons (Fsp3) is 0.316. The van der Waals surface area contributed by atoms with E-state index in [2.05, 4.69) is 5.32 Å². The molecule has 1 amide bonds. The molecule has 0 aliphatic carbocycles. The number of nitrogens with zero attached hydrogens (tertiary/aromatic N) is 2. The molecule has 6 nitrogen and oxygen atoms in total. The monoisotopic (exact) mass is 357 g/mol. The van der Waals surface area contributed by atoms with Gasteiger partial charge in [-0.1, -0.05) is 18.2 Å². The summed E-state index contributed by atoms with van der Waals surface area (Å²) in [6.07, 6.45) is 3.13. The van der Waals surface area contributed by atoms with Crippen LogP contribution in [0, 0.1) is 15.9 Å². The van der Waals surface area contributed by atoms with E-state index in [4.69, 9.17) is 0 Å². The highest BCUT2D eigenvalue weighted by Gasteiger charge is 2.23. The van der Waals surface area contributed by atoms with E-state index in [0.717, 1.165) is 32.4 Å². The molecule has 0 bridgehead atoms. The van der Waals surface area contributed by atoms with Crippen molar-refractivity contribution in [3.8, 4) is 0 Å². The first-order chi connectivity index (χ1) is 12.6. The van der Waals surface area contributed by atoms with E-state index in [1.54, 1.807) is 30.3 Å². The highest BCUT2D eigenvalue weighted by Crippen LogP contribution is 2.31. The third-order valence-corrected chi connectivity index (χ3v) is 4.53. The lowest BCUT2D eigenvalue weighted by Crippen LogP contribution is -2.30. The Morgan fingerprint density at radius 3 is 2.58 bits per heavy atom. The fourth-order valence-electron chi connectivity index (χ4n) is 3.13. The zero-order valence-corrected chi connectivity index (χ0v) is 14.3. The van der Waals surface area contributed by atoms with Gasteiger partial charge < -0.3 is 10.2 Å². The number of halogens is 1. The quantitative estimate of drug-likeness (QED) is 0.655. The minimum absolute atomic E-state index is 0.0210. The van der Waals surface area contributed by atoms with Crippen LogP contribution in [0.5, 0.6) is 0 Å². The normalized spacial score (nSPS) is 14.1. The summed E-state index contributed by atoms with van der Waals surface area (Å²) in [5.41, 5.74) is 1.01. The van der Waals surface area contributed by atoms with Crippen molar-refractivity contribution in [2.24, 2.45) is 0 Å². The van der Waals surface area contributed by atoms with Gasteiger partial charge in [-0.15, -0.1) is 0 Å². The number of hydrogen-bond donors (Lipinski definition) is 1. The predicted molar refractivity (Wildman–Crippen MR) is 96.7 cm³/mol. The summed E-state index contributed by atoms with van der Waals surface area (Å²) in [5, 5.41) is 14.1. The molecule has 1 fully saturated rings. The van der Waals surface area contributed by atoms with Crippen LogP contribution < -0.4 is 10.2 Å². The standard InChI is InChI=1S/C19H20FN3O3/c20-16-7-3-2-6-15(16)13-21-19(24)14-8-9-17(18(12-14)23(25)26)22-10-4-1-5-11-22/h2-3,6-9,12H,1,4-5,10-11,13H2,(H,21,24). The molecular weight excluding hydrogens is 337 g/mol. The molecular formula is C19H20FN3O3. The van der Waals surface area contributed by atoms with Crippen LogP contribution in [0.25, 0.3) is 0 Å². The van der Waals surface area contributed by atoms with Crippen LogP contribution >= 0.6 is 0 Å². The van der Waals surface area contributed by atoms with Crippen molar-refractivity contribution in [2.45, 2.75) is 25.8 Å². The second-order valence-corrected chi connectivity index (χ2v) is 6.28. The van der Waals surface area contributed by atoms with Gasteiger partial charge in [0.15, 0.2) is 0 Å². The smallest absolute Gasteiger partial charge is 0.293 e. The van der Waals surface area contributed by atoms with Gasteiger partial charge in [0.1, 0.15) is 11.5 Å². The van der Waals surface area contributed by atoms with Crippen molar-refractivity contribution in [1.29, 1.82) is 0 Å². The molecule has 26 heavy (non-hydrogen) atoms. The highest BCUT2D eigenvalue weighted by atomic mass is 19.1. The lowest BCUT2D eigenvalue weighted by molar-refractivity contribution is -0.384. The number of nitrogens with one attached hydrogen (secondary N) is 1. The Labute approximate surface area is 150 Å². The summed E-state index contributed by atoms with van der Waals surface area (Å²) in [6.45, 7) is 1.58. The van der Waals surface area contributed by atoms with E-state index in [9.17, 15) is 19.3 Å². The number of carbonyl (C=O) groups excluding carboxylic acids is 1. The molecule has 1 heterocycles. The molecule has 2 aromatic carbocycles. The highest BCUT2D eigenvalue weighted by molar-refractivity contribution is 5.95. The Balaban J connectivity index is 1.77. The van der Waals surface area contributed by atoms with Gasteiger partial charge in [0.2, 0.25) is 0 Å². The van der Waals surface area contributed by atoms with Gasteiger partial charge in [-0.05, 0) is 37.5 Å². The van der Waals surface area contributed by atoms with Crippen molar-refractivity contribution < 1.29 is 14.1 Å². The number of amides is 1. The largest absolute Gasteiger partial charge is 0.366 e. The second kappa shape index (κ2) is 7.95. The molecule has 1 aliphatic rings. The topological polar surface area (TPSA) is 75.5 Å². The third kappa shape index (κ3) is 3.99. The molecule has 0 radical (unpaired) electrons. The van der Waals surface area contributed by atoms with Crippen molar-refractivity contribution in [2.75, 3.05) is 18.0 Å². The summed E-state index contributed by atoms with van der Waals surface area (Å²) in [7, 11) is 0. The molecule has 1 N–H and O–H groups in total. The summed E-state index contributed by atoms with van der Waals surface area (Å²) < 4.78 is 13.6. The number of rotatable bonds is 5. The number of benzene rings is 2. The maximum Gasteiger partial charge on any atom is 0.293 e. The first-order valence-corrected chi connectivity index (χ1v) is 8.61. The number of anilines is 1. The second-order valence-electron chi connectivity index (χ2n) is 6.28. The van der Waals surface area contributed by atoms with E-state index in [-0.39, 0.29) is 17.8 Å². The van der Waals surface area contributed by atoms with Gasteiger partial charge in [-0.3, -0.25) is 14.9 Å². The number of nitro benzene ring substituents is 1. The van der Waals surface area contributed by atoms with Crippen molar-refractivity contribution in [1.82, 2.24) is 5.32 Å². The van der Waals surface area contributed by atoms with E-state index in [1.165, 1.54) is 12.1 Å². The van der Waals surface area contributed by atoms with E-state index < -0.39 is 16.6 Å². The maximum absolute atomic E-state index is 13.6. The molecule has 0 unspecified atom stereocenters. The maximum atomic E-state index is 13.6. The van der Waals surface area contributed by atoms with Crippen molar-refractivity contribution in [3.63, 3.8) is 0 Å². The third-order valence-electron chi connectivity index (χ3n) is 4.53. The average Bonchev–Trinajstić information content (AvgIpc) is 2.67. The predicted octanol–water partition coefficient (Wildman–Crippen LogP) is 3.65. The van der Waals surface area contributed by atoms with Gasteiger partial charge in [-0.25, -0.2) is 4.39 Å². The molecule has 7 heteroatoms. The Morgan fingerprint density at radius 1 is 1.15 bits per heavy atom. The number of carbonyl (C=O) groups is 1. The summed E-state index contributed by atoms with van der Waals surface area (Å²) >= 11 is 0. The van der Waals surface area contributed by atoms with Crippen LogP contribution in [-0.4, -0.2) is 23.9 Å². The van der Waals surface area contributed by atoms with E-state index in [0.29, 0.717) is 11.3 Å². The minimum Gasteiger partial charge on any atom is -0.366 e. The van der Waals surface area contributed by atoms with Crippen LogP contribution in [0.3, 0.4) is 0 Å². The Morgan fingerprint density at radius 2 is 1.88 bits per heavy atom. The van der Waals surface area contributed by atoms with E-state index in [1.807, 2.05) is 4.90 Å². The number of piperidine rings is 1. The molecule has 0 saturated carbocycles. The van der Waals surface area contributed by atoms with Gasteiger partial charge in [0.05, 0.1) is 4.92 Å². The zero-order valence-electron chi connectivity index (χ0n) is 14.3. The molecule has 0 atom stereocenters. The summed E-state index contributed by atoms with van der Waals surface area (Å²) in [6, 6.07) is 10.7. The fourth-order valence-corrected chi connectivity index (χ4v) is 3.13. The van der Waals surface area contributed by atoms with Gasteiger partial charge >= 0.3 is 0 Å². The van der Waals surface area contributed by atoms with Crippen LogP contribution in [0.2, 0.25) is 0 Å². The molecule has 3 rings (SSSR count). The lowest BCUT2D eigenvalue weighted by Gasteiger charge is -2.28. The molecule has 2 aromatic rings. The van der Waals surface area contributed by atoms with Gasteiger partial charge in [0, 0.05) is 36.8 Å². The minimum atomic E-state index is -0.471. The molecule has 1 saturated heterocycles. The number of hydrogen-bond acceptors (Lipinski definition) is 4. The first-order valence-electron chi connectivity index (χ1n) is 8.61.